The first kappa shape index (κ1) is 18.7. The van der Waals surface area contributed by atoms with Gasteiger partial charge in [-0.3, -0.25) is 4.99 Å². The predicted molar refractivity (Wildman–Crippen MR) is 117 cm³/mol. The lowest BCUT2D eigenvalue weighted by atomic mass is 10.1. The van der Waals surface area contributed by atoms with Crippen LogP contribution in [-0.4, -0.2) is 16.1 Å². The molecule has 1 heterocycles. The monoisotopic (exact) mass is 399 g/mol. The van der Waals surface area contributed by atoms with Gasteiger partial charge in [-0.05, 0) is 56.5 Å². The second kappa shape index (κ2) is 8.15. The Morgan fingerprint density at radius 2 is 1.48 bits per heavy atom. The van der Waals surface area contributed by atoms with Crippen molar-refractivity contribution in [3.05, 3.63) is 66.0 Å². The molecule has 29 heavy (non-hydrogen) atoms. The maximum atomic E-state index is 4.44. The van der Waals surface area contributed by atoms with Crippen LogP contribution in [0.3, 0.4) is 0 Å². The smallest absolute Gasteiger partial charge is 0.249 e. The van der Waals surface area contributed by atoms with Crippen LogP contribution in [0.4, 0.5) is 27.9 Å². The molecular formula is C21H17N7S. The van der Waals surface area contributed by atoms with Gasteiger partial charge in [0.1, 0.15) is 5.82 Å². The van der Waals surface area contributed by atoms with Crippen LogP contribution >= 0.6 is 11.5 Å². The summed E-state index contributed by atoms with van der Waals surface area (Å²) >= 11 is 1.22. The van der Waals surface area contributed by atoms with Crippen molar-refractivity contribution in [2.75, 3.05) is 0 Å². The number of fused-ring (bicyclic) bond motifs is 1. The van der Waals surface area contributed by atoms with Gasteiger partial charge in [-0.1, -0.05) is 24.3 Å². The van der Waals surface area contributed by atoms with E-state index in [9.17, 15) is 0 Å². The summed E-state index contributed by atoms with van der Waals surface area (Å²) in [5.41, 5.74) is 4.05. The fourth-order valence-electron chi connectivity index (χ4n) is 2.84. The highest BCUT2D eigenvalue weighted by molar-refractivity contribution is 7.09. The highest BCUT2D eigenvalue weighted by atomic mass is 32.1. The average molecular weight is 399 g/mol. The fraction of sp³-hybridized carbons (Fsp3) is 0.0952. The molecule has 0 fully saturated rings. The van der Waals surface area contributed by atoms with Crippen molar-refractivity contribution in [2.24, 2.45) is 25.4 Å². The number of benzene rings is 3. The van der Waals surface area contributed by atoms with Crippen LogP contribution in [0.2, 0.25) is 0 Å². The molecule has 0 bridgehead atoms. The molecule has 0 saturated heterocycles. The van der Waals surface area contributed by atoms with E-state index in [1.807, 2.05) is 68.4 Å². The van der Waals surface area contributed by atoms with Crippen LogP contribution in [0, 0.1) is 13.8 Å². The summed E-state index contributed by atoms with van der Waals surface area (Å²) in [6.07, 6.45) is 0. The molecule has 142 valence electrons. The largest absolute Gasteiger partial charge is 0.264 e. The minimum atomic E-state index is 0.537. The highest BCUT2D eigenvalue weighted by Crippen LogP contribution is 2.34. The van der Waals surface area contributed by atoms with Crippen LogP contribution in [0.5, 0.6) is 0 Å². The molecule has 7 nitrogen and oxygen atoms in total. The van der Waals surface area contributed by atoms with Crippen molar-refractivity contribution in [3.8, 4) is 0 Å². The van der Waals surface area contributed by atoms with E-state index in [0.29, 0.717) is 11.0 Å². The second-order valence-corrected chi connectivity index (χ2v) is 7.03. The van der Waals surface area contributed by atoms with Gasteiger partial charge in [0.05, 0.1) is 22.7 Å². The number of hydrogen-bond acceptors (Lipinski definition) is 8. The van der Waals surface area contributed by atoms with Gasteiger partial charge in [0.25, 0.3) is 0 Å². The Hall–Kier alpha value is -3.65. The first-order valence-electron chi connectivity index (χ1n) is 8.87. The average Bonchev–Trinajstić information content (AvgIpc) is 3.16. The molecule has 4 rings (SSSR count). The standard InChI is InChI=1S/C21H17N7S/c1-13-12-15(8-9-18(13)25-27-21-23-14(2)28-29-21)24-26-20-11-10-19(22-3)16-6-4-5-7-17(16)20/h4-12H,3H2,1-2H3. The fourth-order valence-corrected chi connectivity index (χ4v) is 3.35. The maximum absolute atomic E-state index is 4.44. The molecule has 0 radical (unpaired) electrons. The third-order valence-electron chi connectivity index (χ3n) is 4.26. The van der Waals surface area contributed by atoms with E-state index in [0.717, 1.165) is 39.1 Å². The van der Waals surface area contributed by atoms with Crippen LogP contribution in [0.25, 0.3) is 10.8 Å². The second-order valence-electron chi connectivity index (χ2n) is 6.30. The topological polar surface area (TPSA) is 87.6 Å². The van der Waals surface area contributed by atoms with Crippen LogP contribution in [0.1, 0.15) is 11.4 Å². The van der Waals surface area contributed by atoms with E-state index < -0.39 is 0 Å². The predicted octanol–water partition coefficient (Wildman–Crippen LogP) is 7.47. The van der Waals surface area contributed by atoms with Crippen molar-refractivity contribution in [1.29, 1.82) is 0 Å². The molecule has 0 aliphatic rings. The Morgan fingerprint density at radius 3 is 2.17 bits per heavy atom. The number of aromatic nitrogens is 2. The number of azo groups is 2. The highest BCUT2D eigenvalue weighted by Gasteiger charge is 2.05. The van der Waals surface area contributed by atoms with E-state index in [-0.39, 0.29) is 0 Å². The number of aliphatic imine (C=N–C) groups is 1. The molecular weight excluding hydrogens is 382 g/mol. The lowest BCUT2D eigenvalue weighted by molar-refractivity contribution is 1.12. The van der Waals surface area contributed by atoms with Gasteiger partial charge in [0, 0.05) is 22.3 Å². The van der Waals surface area contributed by atoms with E-state index in [1.54, 1.807) is 0 Å². The van der Waals surface area contributed by atoms with Gasteiger partial charge in [0.15, 0.2) is 0 Å². The Kier molecular flexibility index (Phi) is 5.26. The molecule has 0 aliphatic heterocycles. The minimum absolute atomic E-state index is 0.537. The Morgan fingerprint density at radius 1 is 0.793 bits per heavy atom. The quantitative estimate of drug-likeness (QED) is 0.257. The lowest BCUT2D eigenvalue weighted by Gasteiger charge is -2.04. The number of nitrogens with zero attached hydrogens (tertiary/aromatic N) is 7. The van der Waals surface area contributed by atoms with Gasteiger partial charge in [-0.25, -0.2) is 4.98 Å². The van der Waals surface area contributed by atoms with Gasteiger partial charge >= 0.3 is 0 Å². The first-order chi connectivity index (χ1) is 14.1. The molecule has 0 amide bonds. The number of aryl methyl sites for hydroxylation is 2. The van der Waals surface area contributed by atoms with Gasteiger partial charge in [-0.15, -0.1) is 15.3 Å². The van der Waals surface area contributed by atoms with Crippen molar-refractivity contribution in [3.63, 3.8) is 0 Å². The van der Waals surface area contributed by atoms with Gasteiger partial charge in [0.2, 0.25) is 5.13 Å². The normalized spacial score (nSPS) is 11.7. The van der Waals surface area contributed by atoms with Crippen LogP contribution < -0.4 is 0 Å². The van der Waals surface area contributed by atoms with Crippen molar-refractivity contribution in [2.45, 2.75) is 13.8 Å². The Bertz CT molecular complexity index is 1260. The zero-order chi connectivity index (χ0) is 20.2. The molecule has 8 heteroatoms. The maximum Gasteiger partial charge on any atom is 0.249 e. The molecule has 1 aromatic heterocycles. The summed E-state index contributed by atoms with van der Waals surface area (Å²) in [5.74, 6) is 0.695. The molecule has 0 aliphatic carbocycles. The summed E-state index contributed by atoms with van der Waals surface area (Å²) in [6.45, 7) is 7.41. The molecule has 3 aromatic carbocycles. The number of rotatable bonds is 5. The van der Waals surface area contributed by atoms with E-state index in [4.69, 9.17) is 0 Å². The first-order valence-corrected chi connectivity index (χ1v) is 9.64. The third kappa shape index (κ3) is 4.12. The van der Waals surface area contributed by atoms with Crippen molar-refractivity contribution < 1.29 is 0 Å². The Balaban J connectivity index is 1.60. The van der Waals surface area contributed by atoms with Gasteiger partial charge in [-0.2, -0.15) is 9.49 Å². The van der Waals surface area contributed by atoms with Gasteiger partial charge < -0.3 is 0 Å². The van der Waals surface area contributed by atoms with E-state index in [2.05, 4.69) is 41.5 Å². The zero-order valence-corrected chi connectivity index (χ0v) is 16.8. The SMILES string of the molecule is C=Nc1ccc(N=Nc2ccc(N=Nc3nc(C)ns3)c(C)c2)c2ccccc12. The third-order valence-corrected chi connectivity index (χ3v) is 4.95. The summed E-state index contributed by atoms with van der Waals surface area (Å²) in [6, 6.07) is 17.4. The van der Waals surface area contributed by atoms with E-state index in [1.165, 1.54) is 11.5 Å². The molecule has 0 unspecified atom stereocenters. The summed E-state index contributed by atoms with van der Waals surface area (Å²) < 4.78 is 4.09. The summed E-state index contributed by atoms with van der Waals surface area (Å²) in [4.78, 5) is 8.25. The molecule has 0 saturated carbocycles. The number of hydrogen-bond donors (Lipinski definition) is 0. The molecule has 0 N–H and O–H groups in total. The van der Waals surface area contributed by atoms with Crippen molar-refractivity contribution >= 4 is 56.9 Å². The molecule has 4 aromatic rings. The summed E-state index contributed by atoms with van der Waals surface area (Å²) in [5, 5.41) is 19.7. The van der Waals surface area contributed by atoms with Crippen LogP contribution in [-0.2, 0) is 0 Å². The van der Waals surface area contributed by atoms with Crippen molar-refractivity contribution in [1.82, 2.24) is 9.36 Å². The molecule has 0 atom stereocenters. The van der Waals surface area contributed by atoms with Crippen LogP contribution in [0.15, 0.2) is 80.0 Å². The molecule has 0 spiro atoms. The Labute approximate surface area is 171 Å². The summed E-state index contributed by atoms with van der Waals surface area (Å²) in [7, 11) is 0. The zero-order valence-electron chi connectivity index (χ0n) is 15.9. The minimum Gasteiger partial charge on any atom is -0.264 e. The lowest BCUT2D eigenvalue weighted by Crippen LogP contribution is -1.76. The van der Waals surface area contributed by atoms with E-state index >= 15 is 0 Å².